The number of hydrogen-bond donors (Lipinski definition) is 2. The van der Waals surface area contributed by atoms with Crippen molar-refractivity contribution >= 4 is 0 Å². The molecular formula is C17H20O2. The minimum atomic E-state index is -1.07. The van der Waals surface area contributed by atoms with E-state index in [0.717, 1.165) is 11.1 Å². The van der Waals surface area contributed by atoms with E-state index in [1.807, 2.05) is 60.7 Å². The maximum Gasteiger partial charge on any atom is 0.0899 e. The van der Waals surface area contributed by atoms with E-state index < -0.39 is 11.2 Å². The van der Waals surface area contributed by atoms with Gasteiger partial charge in [0.25, 0.3) is 0 Å². The van der Waals surface area contributed by atoms with Crippen LogP contribution in [0.2, 0.25) is 0 Å². The maximum absolute atomic E-state index is 10.6. The van der Waals surface area contributed by atoms with Gasteiger partial charge in [-0.2, -0.15) is 0 Å². The van der Waals surface area contributed by atoms with Gasteiger partial charge >= 0.3 is 0 Å². The number of rotatable bonds is 4. The van der Waals surface area contributed by atoms with Crippen LogP contribution in [0.25, 0.3) is 0 Å². The van der Waals surface area contributed by atoms with Crippen LogP contribution in [0.4, 0.5) is 0 Å². The summed E-state index contributed by atoms with van der Waals surface area (Å²) < 4.78 is 0. The Hall–Kier alpha value is -1.64. The lowest BCUT2D eigenvalue weighted by Gasteiger charge is -2.33. The van der Waals surface area contributed by atoms with Gasteiger partial charge in [-0.3, -0.25) is 0 Å². The smallest absolute Gasteiger partial charge is 0.0899 e. The molecule has 0 aliphatic heterocycles. The third kappa shape index (κ3) is 3.22. The number of aliphatic hydroxyl groups is 2. The highest BCUT2D eigenvalue weighted by molar-refractivity contribution is 5.26. The van der Waals surface area contributed by atoms with Crippen molar-refractivity contribution in [2.45, 2.75) is 31.5 Å². The van der Waals surface area contributed by atoms with E-state index in [0.29, 0.717) is 0 Å². The molecule has 0 bridgehead atoms. The molecule has 2 nitrogen and oxygen atoms in total. The first-order valence-corrected chi connectivity index (χ1v) is 6.48. The maximum atomic E-state index is 10.6. The minimum Gasteiger partial charge on any atom is -0.385 e. The second-order valence-corrected chi connectivity index (χ2v) is 5.46. The summed E-state index contributed by atoms with van der Waals surface area (Å²) in [5.74, 6) is 0. The van der Waals surface area contributed by atoms with Crippen molar-refractivity contribution < 1.29 is 10.2 Å². The first-order valence-electron chi connectivity index (χ1n) is 6.48. The zero-order chi connectivity index (χ0) is 13.9. The molecule has 2 atom stereocenters. The fourth-order valence-corrected chi connectivity index (χ4v) is 2.47. The van der Waals surface area contributed by atoms with Crippen molar-refractivity contribution in [3.05, 3.63) is 71.8 Å². The van der Waals surface area contributed by atoms with Gasteiger partial charge in [-0.15, -0.1) is 0 Å². The van der Waals surface area contributed by atoms with Gasteiger partial charge in [-0.1, -0.05) is 60.7 Å². The Bertz CT molecular complexity index is 466. The van der Waals surface area contributed by atoms with Gasteiger partial charge in [0.1, 0.15) is 0 Å². The lowest BCUT2D eigenvalue weighted by molar-refractivity contribution is -0.0525. The molecule has 2 heteroatoms. The molecule has 0 amide bonds. The van der Waals surface area contributed by atoms with E-state index in [1.165, 1.54) is 0 Å². The molecule has 2 aromatic rings. The number of benzene rings is 2. The van der Waals surface area contributed by atoms with Crippen LogP contribution in [0.1, 0.15) is 31.4 Å². The Morgan fingerprint density at radius 3 is 1.32 bits per heavy atom. The SMILES string of the molecule is CC(O)(CC(C)(O)c1ccccc1)c1ccccc1. The van der Waals surface area contributed by atoms with Crippen molar-refractivity contribution in [3.63, 3.8) is 0 Å². The highest BCUT2D eigenvalue weighted by Crippen LogP contribution is 2.35. The average Bonchev–Trinajstić information content (AvgIpc) is 2.40. The van der Waals surface area contributed by atoms with Crippen LogP contribution in [0.3, 0.4) is 0 Å². The molecule has 0 spiro atoms. The zero-order valence-electron chi connectivity index (χ0n) is 11.4. The quantitative estimate of drug-likeness (QED) is 0.882. The van der Waals surface area contributed by atoms with E-state index in [2.05, 4.69) is 0 Å². The summed E-state index contributed by atoms with van der Waals surface area (Å²) >= 11 is 0. The molecule has 0 aliphatic rings. The second-order valence-electron chi connectivity index (χ2n) is 5.46. The van der Waals surface area contributed by atoms with E-state index in [-0.39, 0.29) is 6.42 Å². The normalized spacial score (nSPS) is 17.5. The van der Waals surface area contributed by atoms with Crippen LogP contribution in [-0.4, -0.2) is 10.2 Å². The summed E-state index contributed by atoms with van der Waals surface area (Å²) in [5, 5.41) is 21.2. The summed E-state index contributed by atoms with van der Waals surface area (Å²) in [7, 11) is 0. The third-order valence-corrected chi connectivity index (χ3v) is 3.48. The predicted octanol–water partition coefficient (Wildman–Crippen LogP) is 3.19. The summed E-state index contributed by atoms with van der Waals surface area (Å²) in [6, 6.07) is 18.9. The Morgan fingerprint density at radius 2 is 1.00 bits per heavy atom. The monoisotopic (exact) mass is 256 g/mol. The Morgan fingerprint density at radius 1 is 0.684 bits per heavy atom. The van der Waals surface area contributed by atoms with E-state index in [4.69, 9.17) is 0 Å². The summed E-state index contributed by atoms with van der Waals surface area (Å²) in [5.41, 5.74) is -0.515. The summed E-state index contributed by atoms with van der Waals surface area (Å²) in [4.78, 5) is 0. The van der Waals surface area contributed by atoms with E-state index in [1.54, 1.807) is 13.8 Å². The molecular weight excluding hydrogens is 236 g/mol. The first kappa shape index (κ1) is 13.8. The molecule has 2 rings (SSSR count). The molecule has 0 saturated carbocycles. The largest absolute Gasteiger partial charge is 0.385 e. The molecule has 2 aromatic carbocycles. The lowest BCUT2D eigenvalue weighted by atomic mass is 9.81. The first-order chi connectivity index (χ1) is 8.92. The van der Waals surface area contributed by atoms with E-state index in [9.17, 15) is 10.2 Å². The fourth-order valence-electron chi connectivity index (χ4n) is 2.47. The fraction of sp³-hybridized carbons (Fsp3) is 0.294. The Kier molecular flexibility index (Phi) is 3.74. The minimum absolute atomic E-state index is 0.244. The highest BCUT2D eigenvalue weighted by atomic mass is 16.3. The van der Waals surface area contributed by atoms with Gasteiger partial charge in [0.05, 0.1) is 11.2 Å². The molecule has 19 heavy (non-hydrogen) atoms. The second kappa shape index (κ2) is 5.16. The van der Waals surface area contributed by atoms with Crippen LogP contribution in [0.15, 0.2) is 60.7 Å². The van der Waals surface area contributed by atoms with Crippen molar-refractivity contribution in [2.24, 2.45) is 0 Å². The molecule has 0 radical (unpaired) electrons. The van der Waals surface area contributed by atoms with Gasteiger partial charge in [-0.05, 0) is 25.0 Å². The zero-order valence-corrected chi connectivity index (χ0v) is 11.4. The molecule has 0 fully saturated rings. The van der Waals surface area contributed by atoms with Crippen molar-refractivity contribution in [1.82, 2.24) is 0 Å². The van der Waals surface area contributed by atoms with Crippen LogP contribution < -0.4 is 0 Å². The summed E-state index contributed by atoms with van der Waals surface area (Å²) in [6.07, 6.45) is 0.244. The predicted molar refractivity (Wildman–Crippen MR) is 76.6 cm³/mol. The van der Waals surface area contributed by atoms with Crippen molar-refractivity contribution in [3.8, 4) is 0 Å². The van der Waals surface area contributed by atoms with Gasteiger partial charge in [0.15, 0.2) is 0 Å². The Labute approximate surface area is 114 Å². The standard InChI is InChI=1S/C17H20O2/c1-16(18,14-9-5-3-6-10-14)13-17(2,19)15-11-7-4-8-12-15/h3-12,18-19H,13H2,1-2H3. The van der Waals surface area contributed by atoms with Crippen LogP contribution in [-0.2, 0) is 11.2 Å². The van der Waals surface area contributed by atoms with Gasteiger partial charge in [-0.25, -0.2) is 0 Å². The van der Waals surface area contributed by atoms with Crippen LogP contribution >= 0.6 is 0 Å². The number of hydrogen-bond acceptors (Lipinski definition) is 2. The molecule has 0 heterocycles. The molecule has 0 saturated heterocycles. The van der Waals surface area contributed by atoms with Crippen LogP contribution in [0, 0.1) is 0 Å². The molecule has 100 valence electrons. The summed E-state index contributed by atoms with van der Waals surface area (Å²) in [6.45, 7) is 3.47. The van der Waals surface area contributed by atoms with Crippen LogP contribution in [0.5, 0.6) is 0 Å². The molecule has 0 aromatic heterocycles. The van der Waals surface area contributed by atoms with Crippen molar-refractivity contribution in [2.75, 3.05) is 0 Å². The molecule has 2 N–H and O–H groups in total. The van der Waals surface area contributed by atoms with Gasteiger partial charge < -0.3 is 10.2 Å². The third-order valence-electron chi connectivity index (χ3n) is 3.48. The van der Waals surface area contributed by atoms with Gasteiger partial charge in [0.2, 0.25) is 0 Å². The topological polar surface area (TPSA) is 40.5 Å². The molecule has 2 unspecified atom stereocenters. The lowest BCUT2D eigenvalue weighted by Crippen LogP contribution is -2.33. The molecule has 0 aliphatic carbocycles. The van der Waals surface area contributed by atoms with Crippen molar-refractivity contribution in [1.29, 1.82) is 0 Å². The average molecular weight is 256 g/mol. The van der Waals surface area contributed by atoms with E-state index >= 15 is 0 Å². The van der Waals surface area contributed by atoms with Gasteiger partial charge in [0, 0.05) is 6.42 Å². The Balaban J connectivity index is 2.25. The highest BCUT2D eigenvalue weighted by Gasteiger charge is 2.34.